The minimum absolute atomic E-state index is 0.0162. The van der Waals surface area contributed by atoms with Crippen molar-refractivity contribution in [2.24, 2.45) is 0 Å². The molecule has 1 saturated heterocycles. The molecule has 0 amide bonds. The van der Waals surface area contributed by atoms with Gasteiger partial charge in [0.25, 0.3) is 0 Å². The van der Waals surface area contributed by atoms with Crippen LogP contribution in [0, 0.1) is 11.3 Å². The zero-order valence-corrected chi connectivity index (χ0v) is 12.4. The lowest BCUT2D eigenvalue weighted by Crippen LogP contribution is -2.38. The van der Waals surface area contributed by atoms with Crippen molar-refractivity contribution < 1.29 is 8.42 Å². The maximum atomic E-state index is 12.7. The van der Waals surface area contributed by atoms with Gasteiger partial charge < -0.3 is 5.73 Å². The second-order valence-corrected chi connectivity index (χ2v) is 7.04. The maximum Gasteiger partial charge on any atom is 0.245 e. The predicted molar refractivity (Wildman–Crippen MR) is 77.4 cm³/mol. The zero-order chi connectivity index (χ0) is 14.8. The number of nitrogens with two attached hydrogens (primary N) is 1. The fourth-order valence-corrected chi connectivity index (χ4v) is 4.38. The van der Waals surface area contributed by atoms with Crippen LogP contribution in [-0.2, 0) is 10.0 Å². The number of rotatable bonds is 2. The van der Waals surface area contributed by atoms with Crippen molar-refractivity contribution in [1.82, 2.24) is 4.31 Å². The van der Waals surface area contributed by atoms with E-state index in [0.717, 1.165) is 25.7 Å². The summed E-state index contributed by atoms with van der Waals surface area (Å²) < 4.78 is 27.0. The quantitative estimate of drug-likeness (QED) is 0.846. The van der Waals surface area contributed by atoms with Gasteiger partial charge in [-0.1, -0.05) is 12.8 Å². The first kappa shape index (κ1) is 14.8. The second kappa shape index (κ2) is 5.81. The third-order valence-corrected chi connectivity index (χ3v) is 5.81. The summed E-state index contributed by atoms with van der Waals surface area (Å²) in [5.41, 5.74) is 6.32. The number of hydrogen-bond donors (Lipinski definition) is 1. The van der Waals surface area contributed by atoms with Gasteiger partial charge in [-0.05, 0) is 38.0 Å². The Labute approximate surface area is 120 Å². The Morgan fingerprint density at radius 2 is 2.10 bits per heavy atom. The first-order valence-electron chi connectivity index (χ1n) is 6.78. The molecule has 2 rings (SSSR count). The Balaban J connectivity index is 2.41. The molecule has 1 fully saturated rings. The number of nitriles is 1. The third-order valence-electron chi connectivity index (χ3n) is 3.72. The fourth-order valence-electron chi connectivity index (χ4n) is 2.58. The van der Waals surface area contributed by atoms with E-state index in [2.05, 4.69) is 0 Å². The van der Waals surface area contributed by atoms with Gasteiger partial charge in [-0.3, -0.25) is 0 Å². The topological polar surface area (TPSA) is 87.2 Å². The minimum atomic E-state index is -3.59. The van der Waals surface area contributed by atoms with Crippen LogP contribution in [0.3, 0.4) is 0 Å². The molecule has 5 nitrogen and oxygen atoms in total. The molecule has 0 aliphatic carbocycles. The van der Waals surface area contributed by atoms with E-state index in [1.807, 2.05) is 13.0 Å². The highest BCUT2D eigenvalue weighted by atomic mass is 32.2. The van der Waals surface area contributed by atoms with Crippen molar-refractivity contribution in [3.8, 4) is 6.07 Å². The van der Waals surface area contributed by atoms with Crippen LogP contribution in [0.2, 0.25) is 0 Å². The summed E-state index contributed by atoms with van der Waals surface area (Å²) in [6, 6.07) is 6.28. The standard InChI is InChI=1S/C14H19N3O2S/c1-11-5-3-2-4-8-17(11)20(18,19)14-7-6-12(10-15)9-13(14)16/h6-7,9,11H,2-5,8,16H2,1H3. The molecule has 1 aromatic carbocycles. The van der Waals surface area contributed by atoms with Gasteiger partial charge in [-0.2, -0.15) is 9.57 Å². The SMILES string of the molecule is CC1CCCCCN1S(=O)(=O)c1ccc(C#N)cc1N. The predicted octanol–water partition coefficient (Wildman–Crippen LogP) is 2.09. The molecule has 108 valence electrons. The molecule has 0 aromatic heterocycles. The molecule has 1 aliphatic rings. The van der Waals surface area contributed by atoms with Crippen molar-refractivity contribution in [2.75, 3.05) is 12.3 Å². The number of nitrogens with zero attached hydrogens (tertiary/aromatic N) is 2. The Hall–Kier alpha value is -1.58. The van der Waals surface area contributed by atoms with E-state index in [1.165, 1.54) is 22.5 Å². The summed E-state index contributed by atoms with van der Waals surface area (Å²) in [4.78, 5) is 0.102. The third kappa shape index (κ3) is 2.79. The van der Waals surface area contributed by atoms with Gasteiger partial charge >= 0.3 is 0 Å². The fraction of sp³-hybridized carbons (Fsp3) is 0.500. The summed E-state index contributed by atoms with van der Waals surface area (Å²) in [5.74, 6) is 0. The molecule has 1 unspecified atom stereocenters. The highest BCUT2D eigenvalue weighted by Crippen LogP contribution is 2.28. The van der Waals surface area contributed by atoms with Crippen molar-refractivity contribution in [1.29, 1.82) is 5.26 Å². The molecule has 1 aliphatic heterocycles. The van der Waals surface area contributed by atoms with Crippen LogP contribution < -0.4 is 5.73 Å². The molecule has 0 radical (unpaired) electrons. The highest BCUT2D eigenvalue weighted by molar-refractivity contribution is 7.89. The van der Waals surface area contributed by atoms with Crippen LogP contribution in [0.25, 0.3) is 0 Å². The van der Waals surface area contributed by atoms with E-state index >= 15 is 0 Å². The molecular weight excluding hydrogens is 274 g/mol. The van der Waals surface area contributed by atoms with Gasteiger partial charge in [0.05, 0.1) is 17.3 Å². The van der Waals surface area contributed by atoms with Crippen molar-refractivity contribution in [3.05, 3.63) is 23.8 Å². The molecule has 0 saturated carbocycles. The molecule has 1 aromatic rings. The maximum absolute atomic E-state index is 12.7. The smallest absolute Gasteiger partial charge is 0.245 e. The molecule has 20 heavy (non-hydrogen) atoms. The summed E-state index contributed by atoms with van der Waals surface area (Å²) in [7, 11) is -3.59. The van der Waals surface area contributed by atoms with E-state index in [1.54, 1.807) is 0 Å². The summed E-state index contributed by atoms with van der Waals surface area (Å²) in [6.07, 6.45) is 3.85. The summed E-state index contributed by atoms with van der Waals surface area (Å²) >= 11 is 0. The average molecular weight is 293 g/mol. The molecule has 0 spiro atoms. The van der Waals surface area contributed by atoms with E-state index in [-0.39, 0.29) is 16.6 Å². The van der Waals surface area contributed by atoms with Crippen LogP contribution in [-0.4, -0.2) is 25.3 Å². The summed E-state index contributed by atoms with van der Waals surface area (Å²) in [5, 5.41) is 8.82. The van der Waals surface area contributed by atoms with Gasteiger partial charge in [0.15, 0.2) is 0 Å². The molecule has 2 N–H and O–H groups in total. The van der Waals surface area contributed by atoms with Crippen LogP contribution >= 0.6 is 0 Å². The van der Waals surface area contributed by atoms with E-state index in [0.29, 0.717) is 12.1 Å². The first-order valence-corrected chi connectivity index (χ1v) is 8.22. The van der Waals surface area contributed by atoms with E-state index in [9.17, 15) is 8.42 Å². The largest absolute Gasteiger partial charge is 0.398 e. The molecule has 0 bridgehead atoms. The van der Waals surface area contributed by atoms with Crippen LogP contribution in [0.5, 0.6) is 0 Å². The molecular formula is C14H19N3O2S. The number of sulfonamides is 1. The number of nitrogen functional groups attached to an aromatic ring is 1. The van der Waals surface area contributed by atoms with Gasteiger partial charge in [0, 0.05) is 12.6 Å². The Kier molecular flexibility index (Phi) is 4.31. The minimum Gasteiger partial charge on any atom is -0.398 e. The van der Waals surface area contributed by atoms with Crippen molar-refractivity contribution in [3.63, 3.8) is 0 Å². The van der Waals surface area contributed by atoms with Gasteiger partial charge in [0.2, 0.25) is 10.0 Å². The molecule has 6 heteroatoms. The number of benzene rings is 1. The number of anilines is 1. The summed E-state index contributed by atoms with van der Waals surface area (Å²) in [6.45, 7) is 2.46. The second-order valence-electron chi connectivity index (χ2n) is 5.18. The Morgan fingerprint density at radius 3 is 2.75 bits per heavy atom. The van der Waals surface area contributed by atoms with E-state index in [4.69, 9.17) is 11.0 Å². The first-order chi connectivity index (χ1) is 9.46. The lowest BCUT2D eigenvalue weighted by atomic mass is 10.1. The monoisotopic (exact) mass is 293 g/mol. The van der Waals surface area contributed by atoms with Gasteiger partial charge in [-0.25, -0.2) is 8.42 Å². The normalized spacial score (nSPS) is 21.1. The van der Waals surface area contributed by atoms with Crippen LogP contribution in [0.15, 0.2) is 23.1 Å². The average Bonchev–Trinajstić information content (AvgIpc) is 2.63. The molecule has 1 heterocycles. The lowest BCUT2D eigenvalue weighted by Gasteiger charge is -2.26. The van der Waals surface area contributed by atoms with Crippen molar-refractivity contribution in [2.45, 2.75) is 43.5 Å². The zero-order valence-electron chi connectivity index (χ0n) is 11.5. The van der Waals surface area contributed by atoms with Crippen LogP contribution in [0.4, 0.5) is 5.69 Å². The lowest BCUT2D eigenvalue weighted by molar-refractivity contribution is 0.342. The highest BCUT2D eigenvalue weighted by Gasteiger charge is 2.31. The van der Waals surface area contributed by atoms with E-state index < -0.39 is 10.0 Å². The van der Waals surface area contributed by atoms with Gasteiger partial charge in [-0.15, -0.1) is 0 Å². The Bertz CT molecular complexity index is 634. The number of hydrogen-bond acceptors (Lipinski definition) is 4. The van der Waals surface area contributed by atoms with Crippen molar-refractivity contribution >= 4 is 15.7 Å². The Morgan fingerprint density at radius 1 is 1.35 bits per heavy atom. The van der Waals surface area contributed by atoms with Crippen LogP contribution in [0.1, 0.15) is 38.2 Å². The van der Waals surface area contributed by atoms with Gasteiger partial charge in [0.1, 0.15) is 4.90 Å². The molecule has 1 atom stereocenters.